The lowest BCUT2D eigenvalue weighted by Gasteiger charge is -2.09. The van der Waals surface area contributed by atoms with Gasteiger partial charge in [-0.15, -0.1) is 11.6 Å². The smallest absolute Gasteiger partial charge is 0.415 e. The fourth-order valence-corrected chi connectivity index (χ4v) is 0.326. The average molecular weight is 177 g/mol. The summed E-state index contributed by atoms with van der Waals surface area (Å²) in [7, 11) is 0.837. The Bertz CT molecular complexity index is 133. The lowest BCUT2D eigenvalue weighted by Crippen LogP contribution is -2.32. The number of alkyl halides is 4. The molecule has 0 rings (SSSR count). The van der Waals surface area contributed by atoms with Crippen LogP contribution in [-0.2, 0) is 9.53 Å². The van der Waals surface area contributed by atoms with Crippen LogP contribution in [0.4, 0.5) is 13.2 Å². The van der Waals surface area contributed by atoms with E-state index in [0.717, 1.165) is 7.11 Å². The first kappa shape index (κ1) is 9.55. The van der Waals surface area contributed by atoms with E-state index in [1.165, 1.54) is 0 Å². The lowest BCUT2D eigenvalue weighted by molar-refractivity contribution is -0.166. The van der Waals surface area contributed by atoms with Crippen molar-refractivity contribution in [1.29, 1.82) is 0 Å². The minimum Gasteiger partial charge on any atom is -0.468 e. The molecule has 6 heteroatoms. The Morgan fingerprint density at radius 1 is 1.60 bits per heavy atom. The molecule has 0 aliphatic heterocycles. The van der Waals surface area contributed by atoms with Gasteiger partial charge in [-0.05, 0) is 0 Å². The Balaban J connectivity index is 4.08. The molecule has 0 aromatic carbocycles. The fourth-order valence-electron chi connectivity index (χ4n) is 0.237. The number of carbonyl (C=O) groups is 1. The molecule has 1 atom stereocenters. The number of ether oxygens (including phenoxy) is 1. The normalized spacial score (nSPS) is 14.5. The van der Waals surface area contributed by atoms with Crippen molar-refractivity contribution in [3.05, 3.63) is 0 Å². The Hall–Kier alpha value is -0.450. The van der Waals surface area contributed by atoms with Crippen molar-refractivity contribution < 1.29 is 22.7 Å². The first-order valence-electron chi connectivity index (χ1n) is 2.18. The van der Waals surface area contributed by atoms with Gasteiger partial charge in [0.25, 0.3) is 0 Å². The molecular formula is C4H4ClF3O2. The number of esters is 1. The van der Waals surface area contributed by atoms with E-state index in [1.54, 1.807) is 0 Å². The average Bonchev–Trinajstić information content (AvgIpc) is 1.83. The highest BCUT2D eigenvalue weighted by molar-refractivity contribution is 6.30. The maximum atomic E-state index is 11.5. The molecule has 0 bridgehead atoms. The van der Waals surface area contributed by atoms with Gasteiger partial charge in [0.05, 0.1) is 7.11 Å². The summed E-state index contributed by atoms with van der Waals surface area (Å²) in [4.78, 5) is 10.1. The standard InChI is InChI=1S/C4H4ClF3O2/c1-10-3(9)2(5)4(6,7)8/h2H,1H3/t2-/m0/s1. The molecule has 10 heavy (non-hydrogen) atoms. The molecule has 0 amide bonds. The van der Waals surface area contributed by atoms with E-state index < -0.39 is 17.5 Å². The summed E-state index contributed by atoms with van der Waals surface area (Å²) < 4.78 is 38.1. The number of carbonyl (C=O) groups excluding carboxylic acids is 1. The second-order valence-electron chi connectivity index (χ2n) is 1.43. The van der Waals surface area contributed by atoms with Crippen LogP contribution in [-0.4, -0.2) is 24.6 Å². The highest BCUT2D eigenvalue weighted by Gasteiger charge is 2.44. The third-order valence-corrected chi connectivity index (χ3v) is 1.12. The van der Waals surface area contributed by atoms with Crippen LogP contribution in [0.5, 0.6) is 0 Å². The van der Waals surface area contributed by atoms with Crippen LogP contribution in [0.1, 0.15) is 0 Å². The molecule has 0 saturated carbocycles. The first-order valence-corrected chi connectivity index (χ1v) is 2.62. The Kier molecular flexibility index (Phi) is 2.96. The predicted octanol–water partition coefficient (Wildman–Crippen LogP) is 1.33. The minimum atomic E-state index is -4.73. The van der Waals surface area contributed by atoms with Crippen LogP contribution in [0.25, 0.3) is 0 Å². The zero-order valence-electron chi connectivity index (χ0n) is 4.91. The molecule has 0 heterocycles. The first-order chi connectivity index (χ1) is 4.39. The van der Waals surface area contributed by atoms with E-state index in [2.05, 4.69) is 16.3 Å². The van der Waals surface area contributed by atoms with Crippen molar-refractivity contribution in [2.75, 3.05) is 7.11 Å². The number of rotatable bonds is 1. The summed E-state index contributed by atoms with van der Waals surface area (Å²) in [6.07, 6.45) is -4.73. The summed E-state index contributed by atoms with van der Waals surface area (Å²) in [5.74, 6) is -1.49. The molecule has 0 unspecified atom stereocenters. The molecule has 0 radical (unpaired) electrons. The summed E-state index contributed by atoms with van der Waals surface area (Å²) in [5.41, 5.74) is 0. The van der Waals surface area contributed by atoms with Crippen LogP contribution in [0, 0.1) is 0 Å². The van der Waals surface area contributed by atoms with Crippen molar-refractivity contribution in [3.63, 3.8) is 0 Å². The number of halogens is 4. The van der Waals surface area contributed by atoms with Gasteiger partial charge in [-0.25, -0.2) is 0 Å². The van der Waals surface area contributed by atoms with Crippen LogP contribution in [0.3, 0.4) is 0 Å². The maximum Gasteiger partial charge on any atom is 0.415 e. The molecule has 60 valence electrons. The van der Waals surface area contributed by atoms with E-state index >= 15 is 0 Å². The van der Waals surface area contributed by atoms with Crippen LogP contribution >= 0.6 is 11.6 Å². The van der Waals surface area contributed by atoms with Gasteiger partial charge in [-0.2, -0.15) is 13.2 Å². The van der Waals surface area contributed by atoms with Crippen LogP contribution in [0.15, 0.2) is 0 Å². The molecule has 0 aromatic rings. The second kappa shape index (κ2) is 3.09. The van der Waals surface area contributed by atoms with Crippen molar-refractivity contribution >= 4 is 17.6 Å². The van der Waals surface area contributed by atoms with E-state index in [-0.39, 0.29) is 0 Å². The van der Waals surface area contributed by atoms with E-state index in [9.17, 15) is 18.0 Å². The summed E-state index contributed by atoms with van der Waals surface area (Å²) >= 11 is 4.61. The van der Waals surface area contributed by atoms with E-state index in [0.29, 0.717) is 0 Å². The summed E-state index contributed by atoms with van der Waals surface area (Å²) in [6.45, 7) is 0. The monoisotopic (exact) mass is 176 g/mol. The predicted molar refractivity (Wildman–Crippen MR) is 27.7 cm³/mol. The molecule has 0 spiro atoms. The van der Waals surface area contributed by atoms with Gasteiger partial charge in [0.1, 0.15) is 0 Å². The summed E-state index contributed by atoms with van der Waals surface area (Å²) in [6, 6.07) is 0. The topological polar surface area (TPSA) is 26.3 Å². The quantitative estimate of drug-likeness (QED) is 0.445. The Morgan fingerprint density at radius 3 is 2.10 bits per heavy atom. The molecule has 0 aromatic heterocycles. The maximum absolute atomic E-state index is 11.5. The Labute approximate surface area is 59.9 Å². The number of hydrogen-bond donors (Lipinski definition) is 0. The van der Waals surface area contributed by atoms with Gasteiger partial charge in [-0.3, -0.25) is 4.79 Å². The number of hydrogen-bond acceptors (Lipinski definition) is 2. The van der Waals surface area contributed by atoms with Gasteiger partial charge in [-0.1, -0.05) is 0 Å². The van der Waals surface area contributed by atoms with Crippen molar-refractivity contribution in [2.45, 2.75) is 11.6 Å². The molecule has 0 saturated heterocycles. The van der Waals surface area contributed by atoms with Gasteiger partial charge in [0.15, 0.2) is 0 Å². The van der Waals surface area contributed by atoms with Crippen molar-refractivity contribution in [1.82, 2.24) is 0 Å². The van der Waals surface area contributed by atoms with Crippen molar-refractivity contribution in [3.8, 4) is 0 Å². The van der Waals surface area contributed by atoms with E-state index in [4.69, 9.17) is 0 Å². The molecular weight excluding hydrogens is 172 g/mol. The SMILES string of the molecule is COC(=O)[C@H](Cl)C(F)(F)F. The third kappa shape index (κ3) is 2.43. The van der Waals surface area contributed by atoms with Crippen LogP contribution < -0.4 is 0 Å². The zero-order valence-corrected chi connectivity index (χ0v) is 5.66. The molecule has 0 aliphatic rings. The largest absolute Gasteiger partial charge is 0.468 e. The van der Waals surface area contributed by atoms with Crippen molar-refractivity contribution in [2.24, 2.45) is 0 Å². The zero-order chi connectivity index (χ0) is 8.36. The van der Waals surface area contributed by atoms with Crippen LogP contribution in [0.2, 0.25) is 0 Å². The van der Waals surface area contributed by atoms with Gasteiger partial charge < -0.3 is 4.74 Å². The molecule has 0 aliphatic carbocycles. The molecule has 2 nitrogen and oxygen atoms in total. The number of methoxy groups -OCH3 is 1. The summed E-state index contributed by atoms with van der Waals surface area (Å²) in [5, 5.41) is -2.56. The Morgan fingerprint density at radius 2 is 2.00 bits per heavy atom. The highest BCUT2D eigenvalue weighted by Crippen LogP contribution is 2.25. The minimum absolute atomic E-state index is 0.837. The second-order valence-corrected chi connectivity index (χ2v) is 1.86. The van der Waals surface area contributed by atoms with Gasteiger partial charge in [0, 0.05) is 0 Å². The molecule has 0 N–H and O–H groups in total. The lowest BCUT2D eigenvalue weighted by atomic mass is 10.4. The van der Waals surface area contributed by atoms with E-state index in [1.807, 2.05) is 0 Å². The van der Waals surface area contributed by atoms with Gasteiger partial charge in [0.2, 0.25) is 5.38 Å². The van der Waals surface area contributed by atoms with Gasteiger partial charge >= 0.3 is 12.1 Å². The third-order valence-electron chi connectivity index (χ3n) is 0.696. The molecule has 0 fully saturated rings. The fraction of sp³-hybridized carbons (Fsp3) is 0.750. The highest BCUT2D eigenvalue weighted by atomic mass is 35.5.